The first-order chi connectivity index (χ1) is 12.6. The molecular formula is C19H17FN4O2. The average molecular weight is 352 g/mol. The molecule has 2 aromatic carbocycles. The normalized spacial score (nSPS) is 10.2. The number of carbonyl (C=O) groups is 1. The van der Waals surface area contributed by atoms with Gasteiger partial charge in [0.2, 0.25) is 5.95 Å². The Bertz CT molecular complexity index is 900. The van der Waals surface area contributed by atoms with Crippen LogP contribution < -0.4 is 10.6 Å². The van der Waals surface area contributed by atoms with E-state index in [4.69, 9.17) is 4.74 Å². The van der Waals surface area contributed by atoms with Crippen molar-refractivity contribution in [3.05, 3.63) is 72.2 Å². The number of nitrogens with zero attached hydrogens (tertiary/aromatic N) is 2. The van der Waals surface area contributed by atoms with Crippen LogP contribution in [0.3, 0.4) is 0 Å². The van der Waals surface area contributed by atoms with E-state index < -0.39 is 0 Å². The van der Waals surface area contributed by atoms with Gasteiger partial charge in [-0.3, -0.25) is 0 Å². The Labute approximate surface area is 150 Å². The lowest BCUT2D eigenvalue weighted by molar-refractivity contribution is 0.0526. The lowest BCUT2D eigenvalue weighted by Gasteiger charge is -2.09. The monoisotopic (exact) mass is 352 g/mol. The summed E-state index contributed by atoms with van der Waals surface area (Å²) in [6, 6.07) is 14.6. The van der Waals surface area contributed by atoms with Crippen molar-refractivity contribution >= 4 is 29.1 Å². The van der Waals surface area contributed by atoms with E-state index >= 15 is 0 Å². The minimum Gasteiger partial charge on any atom is -0.462 e. The SMILES string of the molecule is CCOC(=O)c1ccc(Nc2ccnc(Nc3cccc(F)c3)n2)cc1. The fourth-order valence-electron chi connectivity index (χ4n) is 2.24. The van der Waals surface area contributed by atoms with Crippen LogP contribution in [0.1, 0.15) is 17.3 Å². The summed E-state index contributed by atoms with van der Waals surface area (Å²) in [5.41, 5.74) is 1.79. The molecule has 3 aromatic rings. The summed E-state index contributed by atoms with van der Waals surface area (Å²) >= 11 is 0. The molecule has 0 atom stereocenters. The van der Waals surface area contributed by atoms with Crippen molar-refractivity contribution in [2.24, 2.45) is 0 Å². The fraction of sp³-hybridized carbons (Fsp3) is 0.105. The first-order valence-corrected chi connectivity index (χ1v) is 8.04. The lowest BCUT2D eigenvalue weighted by atomic mass is 10.2. The molecule has 0 saturated heterocycles. The summed E-state index contributed by atoms with van der Waals surface area (Å²) in [5, 5.41) is 6.07. The summed E-state index contributed by atoms with van der Waals surface area (Å²) in [4.78, 5) is 20.1. The lowest BCUT2D eigenvalue weighted by Crippen LogP contribution is -2.04. The summed E-state index contributed by atoms with van der Waals surface area (Å²) in [6.07, 6.45) is 1.59. The molecule has 0 unspecified atom stereocenters. The summed E-state index contributed by atoms with van der Waals surface area (Å²) in [7, 11) is 0. The van der Waals surface area contributed by atoms with Crippen LogP contribution in [-0.4, -0.2) is 22.5 Å². The van der Waals surface area contributed by atoms with Gasteiger partial charge >= 0.3 is 5.97 Å². The third-order valence-corrected chi connectivity index (χ3v) is 3.40. The average Bonchev–Trinajstić information content (AvgIpc) is 2.63. The van der Waals surface area contributed by atoms with Crippen molar-refractivity contribution in [1.82, 2.24) is 9.97 Å². The van der Waals surface area contributed by atoms with Crippen LogP contribution in [0.2, 0.25) is 0 Å². The molecule has 0 spiro atoms. The molecule has 7 heteroatoms. The highest BCUT2D eigenvalue weighted by atomic mass is 19.1. The molecule has 0 fully saturated rings. The zero-order valence-corrected chi connectivity index (χ0v) is 14.1. The fourth-order valence-corrected chi connectivity index (χ4v) is 2.24. The van der Waals surface area contributed by atoms with Gasteiger partial charge in [0.05, 0.1) is 12.2 Å². The quantitative estimate of drug-likeness (QED) is 0.645. The zero-order valence-electron chi connectivity index (χ0n) is 14.1. The van der Waals surface area contributed by atoms with E-state index in [-0.39, 0.29) is 11.8 Å². The Morgan fingerprint density at radius 2 is 1.88 bits per heavy atom. The van der Waals surface area contributed by atoms with Crippen LogP contribution in [0.5, 0.6) is 0 Å². The first kappa shape index (κ1) is 17.3. The summed E-state index contributed by atoms with van der Waals surface area (Å²) in [5.74, 6) is 0.195. The summed E-state index contributed by atoms with van der Waals surface area (Å²) < 4.78 is 18.2. The number of anilines is 4. The van der Waals surface area contributed by atoms with Crippen molar-refractivity contribution < 1.29 is 13.9 Å². The van der Waals surface area contributed by atoms with E-state index in [0.29, 0.717) is 29.6 Å². The zero-order chi connectivity index (χ0) is 18.4. The Kier molecular flexibility index (Phi) is 5.38. The first-order valence-electron chi connectivity index (χ1n) is 8.04. The van der Waals surface area contributed by atoms with Gasteiger partial charge in [0, 0.05) is 17.6 Å². The van der Waals surface area contributed by atoms with Gasteiger partial charge in [0.1, 0.15) is 11.6 Å². The second-order valence-corrected chi connectivity index (χ2v) is 5.32. The van der Waals surface area contributed by atoms with Gasteiger partial charge in [-0.05, 0) is 55.5 Å². The molecule has 3 rings (SSSR count). The van der Waals surface area contributed by atoms with Crippen molar-refractivity contribution in [3.8, 4) is 0 Å². The van der Waals surface area contributed by atoms with Crippen molar-refractivity contribution in [3.63, 3.8) is 0 Å². The number of hydrogen-bond donors (Lipinski definition) is 2. The number of nitrogens with one attached hydrogen (secondary N) is 2. The molecule has 1 aromatic heterocycles. The number of rotatable bonds is 6. The Morgan fingerprint density at radius 3 is 2.62 bits per heavy atom. The van der Waals surface area contributed by atoms with Gasteiger partial charge in [0.25, 0.3) is 0 Å². The molecule has 0 aliphatic heterocycles. The number of aromatic nitrogens is 2. The highest BCUT2D eigenvalue weighted by molar-refractivity contribution is 5.89. The Morgan fingerprint density at radius 1 is 1.08 bits per heavy atom. The molecule has 132 valence electrons. The number of ether oxygens (including phenoxy) is 1. The maximum atomic E-state index is 13.2. The maximum Gasteiger partial charge on any atom is 0.338 e. The van der Waals surface area contributed by atoms with Gasteiger partial charge in [-0.1, -0.05) is 6.07 Å². The molecular weight excluding hydrogens is 335 g/mol. The largest absolute Gasteiger partial charge is 0.462 e. The Balaban J connectivity index is 1.69. The van der Waals surface area contributed by atoms with Crippen molar-refractivity contribution in [2.75, 3.05) is 17.2 Å². The topological polar surface area (TPSA) is 76.1 Å². The maximum absolute atomic E-state index is 13.2. The second kappa shape index (κ2) is 8.06. The van der Waals surface area contributed by atoms with Crippen molar-refractivity contribution in [2.45, 2.75) is 6.92 Å². The van der Waals surface area contributed by atoms with Crippen LogP contribution in [-0.2, 0) is 4.74 Å². The van der Waals surface area contributed by atoms with Crippen LogP contribution in [0, 0.1) is 5.82 Å². The molecule has 0 radical (unpaired) electrons. The third kappa shape index (κ3) is 4.54. The smallest absolute Gasteiger partial charge is 0.338 e. The van der Waals surface area contributed by atoms with Crippen LogP contribution in [0.15, 0.2) is 60.8 Å². The molecule has 0 saturated carbocycles. The van der Waals surface area contributed by atoms with Crippen LogP contribution in [0.25, 0.3) is 0 Å². The molecule has 0 aliphatic rings. The molecule has 26 heavy (non-hydrogen) atoms. The number of esters is 1. The van der Waals surface area contributed by atoms with E-state index in [9.17, 15) is 9.18 Å². The van der Waals surface area contributed by atoms with Crippen LogP contribution in [0.4, 0.5) is 27.5 Å². The van der Waals surface area contributed by atoms with Crippen LogP contribution >= 0.6 is 0 Å². The summed E-state index contributed by atoms with van der Waals surface area (Å²) in [6.45, 7) is 2.10. The minimum absolute atomic E-state index is 0.334. The van der Waals surface area contributed by atoms with E-state index in [0.717, 1.165) is 5.69 Å². The third-order valence-electron chi connectivity index (χ3n) is 3.40. The second-order valence-electron chi connectivity index (χ2n) is 5.32. The molecule has 1 heterocycles. The van der Waals surface area contributed by atoms with Gasteiger partial charge < -0.3 is 15.4 Å². The van der Waals surface area contributed by atoms with Crippen molar-refractivity contribution in [1.29, 1.82) is 0 Å². The van der Waals surface area contributed by atoms with Gasteiger partial charge in [0.15, 0.2) is 0 Å². The van der Waals surface area contributed by atoms with Gasteiger partial charge in [-0.25, -0.2) is 14.2 Å². The molecule has 0 aliphatic carbocycles. The number of hydrogen-bond acceptors (Lipinski definition) is 6. The van der Waals surface area contributed by atoms with Gasteiger partial charge in [-0.2, -0.15) is 4.98 Å². The van der Waals surface area contributed by atoms with E-state index in [2.05, 4.69) is 20.6 Å². The standard InChI is InChI=1S/C19H17FN4O2/c1-2-26-18(25)13-6-8-15(9-7-13)22-17-10-11-21-19(24-17)23-16-5-3-4-14(20)12-16/h3-12H,2H2,1H3,(H2,21,22,23,24). The predicted octanol–water partition coefficient (Wildman–Crippen LogP) is 4.28. The van der Waals surface area contributed by atoms with Gasteiger partial charge in [-0.15, -0.1) is 0 Å². The molecule has 0 bridgehead atoms. The highest BCUT2D eigenvalue weighted by Crippen LogP contribution is 2.18. The number of halogens is 1. The van der Waals surface area contributed by atoms with E-state index in [1.807, 2.05) is 0 Å². The van der Waals surface area contributed by atoms with E-state index in [1.54, 1.807) is 55.6 Å². The molecule has 0 amide bonds. The number of benzene rings is 2. The molecule has 6 nitrogen and oxygen atoms in total. The highest BCUT2D eigenvalue weighted by Gasteiger charge is 2.06. The molecule has 2 N–H and O–H groups in total. The predicted molar refractivity (Wildman–Crippen MR) is 97.4 cm³/mol. The number of carbonyl (C=O) groups excluding carboxylic acids is 1. The minimum atomic E-state index is -0.359. The van der Waals surface area contributed by atoms with E-state index in [1.165, 1.54) is 12.1 Å². The Hall–Kier alpha value is -3.48.